The van der Waals surface area contributed by atoms with Crippen LogP contribution >= 0.6 is 27.5 Å². The predicted octanol–water partition coefficient (Wildman–Crippen LogP) is 5.31. The lowest BCUT2D eigenvalue weighted by Crippen LogP contribution is -2.12. The normalized spacial score (nSPS) is 12.2. The van der Waals surface area contributed by atoms with Crippen molar-refractivity contribution in [2.45, 2.75) is 13.0 Å². The van der Waals surface area contributed by atoms with E-state index in [1.54, 1.807) is 0 Å². The SMILES string of the molecule is CNC(C)c1ccc(Oc2ccc(F)cc2Cl)cc1Br. The lowest BCUT2D eigenvalue weighted by Gasteiger charge is -2.14. The Morgan fingerprint density at radius 2 is 2.00 bits per heavy atom. The van der Waals surface area contributed by atoms with Crippen molar-refractivity contribution in [2.75, 3.05) is 7.05 Å². The molecule has 5 heteroatoms. The van der Waals surface area contributed by atoms with Gasteiger partial charge in [-0.2, -0.15) is 0 Å². The first-order valence-corrected chi connectivity index (χ1v) is 7.28. The minimum Gasteiger partial charge on any atom is -0.456 e. The lowest BCUT2D eigenvalue weighted by molar-refractivity contribution is 0.480. The minimum atomic E-state index is -0.387. The van der Waals surface area contributed by atoms with Crippen molar-refractivity contribution < 1.29 is 9.13 Å². The van der Waals surface area contributed by atoms with Gasteiger partial charge in [-0.1, -0.05) is 33.6 Å². The largest absolute Gasteiger partial charge is 0.456 e. The Bertz CT molecular complexity index is 621. The molecule has 0 heterocycles. The zero-order valence-electron chi connectivity index (χ0n) is 11.1. The third-order valence-corrected chi connectivity index (χ3v) is 3.98. The average Bonchev–Trinajstić information content (AvgIpc) is 2.41. The van der Waals surface area contributed by atoms with Crippen molar-refractivity contribution in [1.29, 1.82) is 0 Å². The molecule has 2 rings (SSSR count). The fourth-order valence-electron chi connectivity index (χ4n) is 1.76. The van der Waals surface area contributed by atoms with Crippen molar-refractivity contribution in [3.63, 3.8) is 0 Å². The maximum Gasteiger partial charge on any atom is 0.146 e. The van der Waals surface area contributed by atoms with E-state index in [1.165, 1.54) is 18.2 Å². The van der Waals surface area contributed by atoms with Crippen LogP contribution < -0.4 is 10.1 Å². The smallest absolute Gasteiger partial charge is 0.146 e. The topological polar surface area (TPSA) is 21.3 Å². The molecule has 106 valence electrons. The van der Waals surface area contributed by atoms with Crippen LogP contribution in [0.3, 0.4) is 0 Å². The Morgan fingerprint density at radius 1 is 1.25 bits per heavy atom. The molecule has 2 nitrogen and oxygen atoms in total. The molecule has 0 amide bonds. The molecule has 20 heavy (non-hydrogen) atoms. The van der Waals surface area contributed by atoms with E-state index in [9.17, 15) is 4.39 Å². The van der Waals surface area contributed by atoms with Crippen molar-refractivity contribution >= 4 is 27.5 Å². The van der Waals surface area contributed by atoms with E-state index >= 15 is 0 Å². The highest BCUT2D eigenvalue weighted by Crippen LogP contribution is 2.33. The Morgan fingerprint density at radius 3 is 2.60 bits per heavy atom. The summed E-state index contributed by atoms with van der Waals surface area (Å²) in [4.78, 5) is 0. The second kappa shape index (κ2) is 6.57. The molecule has 1 N–H and O–H groups in total. The molecule has 0 aliphatic rings. The van der Waals surface area contributed by atoms with Crippen LogP contribution in [-0.4, -0.2) is 7.05 Å². The summed E-state index contributed by atoms with van der Waals surface area (Å²) >= 11 is 9.46. The first-order chi connectivity index (χ1) is 9.51. The van der Waals surface area contributed by atoms with Crippen molar-refractivity contribution in [1.82, 2.24) is 5.32 Å². The zero-order valence-corrected chi connectivity index (χ0v) is 13.4. The number of nitrogens with one attached hydrogen (secondary N) is 1. The number of rotatable bonds is 4. The van der Waals surface area contributed by atoms with Gasteiger partial charge in [0.1, 0.15) is 17.3 Å². The van der Waals surface area contributed by atoms with E-state index in [2.05, 4.69) is 28.2 Å². The molecule has 1 unspecified atom stereocenters. The van der Waals surface area contributed by atoms with E-state index in [0.717, 1.165) is 10.0 Å². The van der Waals surface area contributed by atoms with Crippen molar-refractivity contribution in [3.8, 4) is 11.5 Å². The van der Waals surface area contributed by atoms with Gasteiger partial charge in [0.05, 0.1) is 5.02 Å². The second-order valence-corrected chi connectivity index (χ2v) is 5.63. The molecular formula is C15H14BrClFNO. The lowest BCUT2D eigenvalue weighted by atomic mass is 10.1. The summed E-state index contributed by atoms with van der Waals surface area (Å²) < 4.78 is 19.6. The van der Waals surface area contributed by atoms with E-state index in [1.807, 2.05) is 25.2 Å². The van der Waals surface area contributed by atoms with Crippen LogP contribution in [0.4, 0.5) is 4.39 Å². The van der Waals surface area contributed by atoms with E-state index < -0.39 is 0 Å². The van der Waals surface area contributed by atoms with Crippen molar-refractivity contribution in [2.24, 2.45) is 0 Å². The first-order valence-electron chi connectivity index (χ1n) is 6.11. The summed E-state index contributed by atoms with van der Waals surface area (Å²) in [5.74, 6) is 0.675. The van der Waals surface area contributed by atoms with Gasteiger partial charge in [0.25, 0.3) is 0 Å². The van der Waals surface area contributed by atoms with Crippen molar-refractivity contribution in [3.05, 3.63) is 57.3 Å². The second-order valence-electron chi connectivity index (χ2n) is 4.37. The molecule has 1 atom stereocenters. The summed E-state index contributed by atoms with van der Waals surface area (Å²) in [5.41, 5.74) is 1.13. The Balaban J connectivity index is 2.24. The van der Waals surface area contributed by atoms with Crippen LogP contribution in [0, 0.1) is 5.82 Å². The molecular weight excluding hydrogens is 345 g/mol. The Labute approximate surface area is 131 Å². The molecule has 0 fully saturated rings. The number of ether oxygens (including phenoxy) is 1. The molecule has 0 spiro atoms. The predicted molar refractivity (Wildman–Crippen MR) is 83.1 cm³/mol. The number of hydrogen-bond acceptors (Lipinski definition) is 2. The monoisotopic (exact) mass is 357 g/mol. The Kier molecular flexibility index (Phi) is 5.02. The van der Waals surface area contributed by atoms with Gasteiger partial charge in [-0.05, 0) is 49.9 Å². The summed E-state index contributed by atoms with van der Waals surface area (Å²) in [7, 11) is 1.90. The first kappa shape index (κ1) is 15.3. The Hall–Kier alpha value is -1.10. The molecule has 2 aromatic carbocycles. The van der Waals surface area contributed by atoms with Crippen LogP contribution in [-0.2, 0) is 0 Å². The van der Waals surface area contributed by atoms with Gasteiger partial charge >= 0.3 is 0 Å². The van der Waals surface area contributed by atoms with E-state index in [4.69, 9.17) is 16.3 Å². The highest BCUT2D eigenvalue weighted by atomic mass is 79.9. The highest BCUT2D eigenvalue weighted by molar-refractivity contribution is 9.10. The van der Waals surface area contributed by atoms with Crippen LogP contribution in [0.2, 0.25) is 5.02 Å². The van der Waals surface area contributed by atoms with Gasteiger partial charge in [-0.15, -0.1) is 0 Å². The maximum atomic E-state index is 13.0. The van der Waals surface area contributed by atoms with Gasteiger partial charge in [-0.3, -0.25) is 0 Å². The summed E-state index contributed by atoms with van der Waals surface area (Å²) in [6, 6.07) is 9.97. The molecule has 0 aliphatic carbocycles. The number of hydrogen-bond donors (Lipinski definition) is 1. The van der Waals surface area contributed by atoms with Crippen LogP contribution in [0.15, 0.2) is 40.9 Å². The minimum absolute atomic E-state index is 0.229. The molecule has 0 saturated carbocycles. The average molecular weight is 359 g/mol. The third-order valence-electron chi connectivity index (χ3n) is 2.99. The summed E-state index contributed by atoms with van der Waals surface area (Å²) in [6.07, 6.45) is 0. The van der Waals surface area contributed by atoms with Gasteiger partial charge in [-0.25, -0.2) is 4.39 Å². The maximum absolute atomic E-state index is 13.0. The molecule has 2 aromatic rings. The zero-order chi connectivity index (χ0) is 14.7. The standard InChI is InChI=1S/C15H14BrClFNO/c1-9(19-2)12-5-4-11(8-13(12)16)20-15-6-3-10(18)7-14(15)17/h3-9,19H,1-2H3. The van der Waals surface area contributed by atoms with Crippen LogP contribution in [0.5, 0.6) is 11.5 Å². The quantitative estimate of drug-likeness (QED) is 0.799. The van der Waals surface area contributed by atoms with Gasteiger partial charge in [0, 0.05) is 10.5 Å². The van der Waals surface area contributed by atoms with Gasteiger partial charge in [0.15, 0.2) is 0 Å². The van der Waals surface area contributed by atoms with E-state index in [-0.39, 0.29) is 16.9 Å². The number of halogens is 3. The molecule has 0 radical (unpaired) electrons. The molecule has 0 aromatic heterocycles. The number of benzene rings is 2. The fraction of sp³-hybridized carbons (Fsp3) is 0.200. The molecule has 0 bridgehead atoms. The third kappa shape index (κ3) is 3.51. The molecule has 0 aliphatic heterocycles. The van der Waals surface area contributed by atoms with Gasteiger partial charge < -0.3 is 10.1 Å². The van der Waals surface area contributed by atoms with Crippen LogP contribution in [0.25, 0.3) is 0 Å². The highest BCUT2D eigenvalue weighted by Gasteiger charge is 2.10. The fourth-order valence-corrected chi connectivity index (χ4v) is 2.67. The van der Waals surface area contributed by atoms with E-state index in [0.29, 0.717) is 11.5 Å². The summed E-state index contributed by atoms with van der Waals surface area (Å²) in [5, 5.41) is 3.42. The van der Waals surface area contributed by atoms with Crippen LogP contribution in [0.1, 0.15) is 18.5 Å². The van der Waals surface area contributed by atoms with Gasteiger partial charge in [0.2, 0.25) is 0 Å². The molecule has 0 saturated heterocycles. The summed E-state index contributed by atoms with van der Waals surface area (Å²) in [6.45, 7) is 2.07.